The fourth-order valence-corrected chi connectivity index (χ4v) is 3.63. The lowest BCUT2D eigenvalue weighted by Crippen LogP contribution is -2.46. The normalized spacial score (nSPS) is 15.8. The van der Waals surface area contributed by atoms with Crippen molar-refractivity contribution in [2.45, 2.75) is 12.7 Å². The van der Waals surface area contributed by atoms with Gasteiger partial charge < -0.3 is 14.4 Å². The van der Waals surface area contributed by atoms with E-state index in [2.05, 4.69) is 4.90 Å². The maximum atomic E-state index is 12.9. The van der Waals surface area contributed by atoms with Crippen LogP contribution in [0.2, 0.25) is 0 Å². The molecule has 0 spiro atoms. The van der Waals surface area contributed by atoms with Gasteiger partial charge in [0.1, 0.15) is 11.3 Å². The van der Waals surface area contributed by atoms with Gasteiger partial charge in [0.2, 0.25) is 0 Å². The number of nitrogens with zero attached hydrogens (tertiary/aromatic N) is 2. The molecular formula is C21H19F3N2O3. The molecule has 4 rings (SSSR count). The van der Waals surface area contributed by atoms with Crippen LogP contribution in [0, 0.1) is 0 Å². The monoisotopic (exact) mass is 404 g/mol. The molecule has 0 radical (unpaired) electrons. The SMILES string of the molecule is O=c1cc(CN2CCN(c3cccc(C(F)(F)F)c3)CC2)c2ccc(O)cc2o1. The summed E-state index contributed by atoms with van der Waals surface area (Å²) in [4.78, 5) is 15.9. The minimum absolute atomic E-state index is 0.0208. The van der Waals surface area contributed by atoms with Crippen molar-refractivity contribution in [2.75, 3.05) is 31.1 Å². The van der Waals surface area contributed by atoms with E-state index in [-0.39, 0.29) is 5.75 Å². The molecule has 0 amide bonds. The fourth-order valence-electron chi connectivity index (χ4n) is 3.63. The van der Waals surface area contributed by atoms with Gasteiger partial charge in [-0.1, -0.05) is 6.07 Å². The molecule has 3 aromatic rings. The van der Waals surface area contributed by atoms with E-state index in [0.29, 0.717) is 44.0 Å². The van der Waals surface area contributed by atoms with Crippen LogP contribution in [0.3, 0.4) is 0 Å². The van der Waals surface area contributed by atoms with E-state index in [4.69, 9.17) is 4.42 Å². The van der Waals surface area contributed by atoms with Crippen molar-refractivity contribution in [1.29, 1.82) is 0 Å². The van der Waals surface area contributed by atoms with E-state index in [1.165, 1.54) is 30.3 Å². The molecule has 1 aromatic heterocycles. The highest BCUT2D eigenvalue weighted by molar-refractivity contribution is 5.81. The van der Waals surface area contributed by atoms with Crippen molar-refractivity contribution in [3.8, 4) is 5.75 Å². The number of hydrogen-bond donors (Lipinski definition) is 1. The summed E-state index contributed by atoms with van der Waals surface area (Å²) in [5.41, 5.74) is 0.545. The second kappa shape index (κ2) is 7.44. The summed E-state index contributed by atoms with van der Waals surface area (Å²) >= 11 is 0. The minimum Gasteiger partial charge on any atom is -0.508 e. The molecule has 152 valence electrons. The molecular weight excluding hydrogens is 385 g/mol. The highest BCUT2D eigenvalue weighted by Crippen LogP contribution is 2.32. The number of phenols is 1. The van der Waals surface area contributed by atoms with Crippen molar-refractivity contribution in [1.82, 2.24) is 4.90 Å². The lowest BCUT2D eigenvalue weighted by atomic mass is 10.1. The maximum absolute atomic E-state index is 12.9. The first-order valence-corrected chi connectivity index (χ1v) is 9.20. The Morgan fingerprint density at radius 2 is 1.76 bits per heavy atom. The van der Waals surface area contributed by atoms with Crippen molar-refractivity contribution in [2.24, 2.45) is 0 Å². The van der Waals surface area contributed by atoms with Crippen molar-refractivity contribution in [3.63, 3.8) is 0 Å². The minimum atomic E-state index is -4.36. The summed E-state index contributed by atoms with van der Waals surface area (Å²) in [6, 6.07) is 11.5. The second-order valence-corrected chi connectivity index (χ2v) is 7.08. The third-order valence-corrected chi connectivity index (χ3v) is 5.12. The van der Waals surface area contributed by atoms with E-state index >= 15 is 0 Å². The molecule has 1 aliphatic heterocycles. The first-order valence-electron chi connectivity index (χ1n) is 9.20. The zero-order valence-electron chi connectivity index (χ0n) is 15.4. The standard InChI is InChI=1S/C21H19F3N2O3/c22-21(23,24)15-2-1-3-16(11-15)26-8-6-25(7-9-26)13-14-10-20(28)29-19-12-17(27)4-5-18(14)19/h1-5,10-12,27H,6-9,13H2. The first kappa shape index (κ1) is 19.3. The number of halogens is 3. The molecule has 0 unspecified atom stereocenters. The van der Waals surface area contributed by atoms with E-state index < -0.39 is 17.4 Å². The van der Waals surface area contributed by atoms with Crippen LogP contribution in [0.5, 0.6) is 5.75 Å². The maximum Gasteiger partial charge on any atom is 0.416 e. The Morgan fingerprint density at radius 3 is 2.48 bits per heavy atom. The molecule has 8 heteroatoms. The Kier molecular flexibility index (Phi) is 4.96. The number of fused-ring (bicyclic) bond motifs is 1. The lowest BCUT2D eigenvalue weighted by molar-refractivity contribution is -0.137. The van der Waals surface area contributed by atoms with E-state index in [1.807, 2.05) is 4.90 Å². The van der Waals surface area contributed by atoms with Gasteiger partial charge in [0.15, 0.2) is 0 Å². The van der Waals surface area contributed by atoms with Crippen LogP contribution in [0.15, 0.2) is 57.7 Å². The van der Waals surface area contributed by atoms with E-state index in [0.717, 1.165) is 17.0 Å². The Hall–Kier alpha value is -3.00. The summed E-state index contributed by atoms with van der Waals surface area (Å²) in [5, 5.41) is 10.3. The lowest BCUT2D eigenvalue weighted by Gasteiger charge is -2.36. The van der Waals surface area contributed by atoms with Gasteiger partial charge in [-0.25, -0.2) is 4.79 Å². The molecule has 1 fully saturated rings. The largest absolute Gasteiger partial charge is 0.508 e. The van der Waals surface area contributed by atoms with Crippen molar-refractivity contribution >= 4 is 16.7 Å². The van der Waals surface area contributed by atoms with Crippen LogP contribution in [-0.4, -0.2) is 36.2 Å². The average molecular weight is 404 g/mol. The van der Waals surface area contributed by atoms with E-state index in [1.54, 1.807) is 12.1 Å². The summed E-state index contributed by atoms with van der Waals surface area (Å²) in [5.74, 6) is 0.0208. The van der Waals surface area contributed by atoms with Crippen LogP contribution >= 0.6 is 0 Å². The predicted molar refractivity (Wildman–Crippen MR) is 103 cm³/mol. The number of alkyl halides is 3. The van der Waals surface area contributed by atoms with E-state index in [9.17, 15) is 23.1 Å². The van der Waals surface area contributed by atoms with Crippen molar-refractivity contribution in [3.05, 3.63) is 70.1 Å². The van der Waals surface area contributed by atoms with Crippen molar-refractivity contribution < 1.29 is 22.7 Å². The highest BCUT2D eigenvalue weighted by Gasteiger charge is 2.31. The number of piperazine rings is 1. The summed E-state index contributed by atoms with van der Waals surface area (Å²) < 4.78 is 44.0. The molecule has 2 aromatic carbocycles. The number of anilines is 1. The molecule has 5 nitrogen and oxygen atoms in total. The van der Waals surface area contributed by atoms with Gasteiger partial charge in [0.05, 0.1) is 5.56 Å². The van der Waals surface area contributed by atoms with Crippen LogP contribution in [0.25, 0.3) is 11.0 Å². The molecule has 2 heterocycles. The van der Waals surface area contributed by atoms with Gasteiger partial charge in [-0.05, 0) is 35.9 Å². The number of hydrogen-bond acceptors (Lipinski definition) is 5. The van der Waals surface area contributed by atoms with Crippen LogP contribution in [0.1, 0.15) is 11.1 Å². The summed E-state index contributed by atoms with van der Waals surface area (Å²) in [7, 11) is 0. The molecule has 0 saturated carbocycles. The number of aromatic hydroxyl groups is 1. The zero-order chi connectivity index (χ0) is 20.6. The van der Waals surface area contributed by atoms with Crippen LogP contribution in [0.4, 0.5) is 18.9 Å². The first-order chi connectivity index (χ1) is 13.8. The Bertz CT molecular complexity index is 1090. The van der Waals surface area contributed by atoms with Crippen LogP contribution in [-0.2, 0) is 12.7 Å². The number of rotatable bonds is 3. The average Bonchev–Trinajstić information content (AvgIpc) is 2.67. The van der Waals surface area contributed by atoms with Gasteiger partial charge in [-0.15, -0.1) is 0 Å². The Morgan fingerprint density at radius 1 is 1.00 bits per heavy atom. The molecule has 1 saturated heterocycles. The molecule has 0 bridgehead atoms. The molecule has 29 heavy (non-hydrogen) atoms. The van der Waals surface area contributed by atoms with Gasteiger partial charge >= 0.3 is 11.8 Å². The molecule has 1 N–H and O–H groups in total. The van der Waals surface area contributed by atoms with Gasteiger partial charge in [-0.2, -0.15) is 13.2 Å². The summed E-state index contributed by atoms with van der Waals surface area (Å²) in [6.45, 7) is 2.98. The Balaban J connectivity index is 1.47. The topological polar surface area (TPSA) is 56.9 Å². The van der Waals surface area contributed by atoms with Crippen LogP contribution < -0.4 is 10.5 Å². The second-order valence-electron chi connectivity index (χ2n) is 7.08. The molecule has 1 aliphatic rings. The Labute approximate surface area is 164 Å². The summed E-state index contributed by atoms with van der Waals surface area (Å²) in [6.07, 6.45) is -4.36. The number of benzene rings is 2. The molecule has 0 atom stereocenters. The smallest absolute Gasteiger partial charge is 0.416 e. The predicted octanol–water partition coefficient (Wildman–Crippen LogP) is 3.84. The van der Waals surface area contributed by atoms with Gasteiger partial charge in [0, 0.05) is 55.9 Å². The third kappa shape index (κ3) is 4.22. The third-order valence-electron chi connectivity index (χ3n) is 5.12. The fraction of sp³-hybridized carbons (Fsp3) is 0.286. The van der Waals surface area contributed by atoms with Gasteiger partial charge in [0.25, 0.3) is 0 Å². The number of phenolic OH excluding ortho intramolecular Hbond substituents is 1. The van der Waals surface area contributed by atoms with Gasteiger partial charge in [-0.3, -0.25) is 4.90 Å². The highest BCUT2D eigenvalue weighted by atomic mass is 19.4. The molecule has 0 aliphatic carbocycles. The quantitative estimate of drug-likeness (QED) is 0.673. The zero-order valence-corrected chi connectivity index (χ0v) is 15.4.